The van der Waals surface area contributed by atoms with Gasteiger partial charge in [-0.15, -0.1) is 0 Å². The minimum Gasteiger partial charge on any atom is -0.352 e. The topological polar surface area (TPSA) is 49.3 Å². The fraction of sp³-hybridized carbons (Fsp3) is 0.250. The number of carbonyl (C=O) groups excluding carboxylic acids is 1. The molecule has 0 atom stereocenters. The third kappa shape index (κ3) is 3.72. The number of benzene rings is 2. The summed E-state index contributed by atoms with van der Waals surface area (Å²) in [6.07, 6.45) is -4.67. The zero-order chi connectivity index (χ0) is 20.6. The SMILES string of the molecule is O=C(c1ccccc1F)N1CCN(c2nc(C(F)(F)F)nc3ccccc23)CC1. The average Bonchev–Trinajstić information content (AvgIpc) is 2.72. The molecule has 1 aliphatic heterocycles. The van der Waals surface area contributed by atoms with Gasteiger partial charge in [0.1, 0.15) is 11.6 Å². The number of rotatable bonds is 2. The van der Waals surface area contributed by atoms with Crippen LogP contribution < -0.4 is 4.90 Å². The lowest BCUT2D eigenvalue weighted by molar-refractivity contribution is -0.144. The molecule has 0 saturated carbocycles. The number of anilines is 1. The summed E-state index contributed by atoms with van der Waals surface area (Å²) in [5, 5.41) is 0.509. The van der Waals surface area contributed by atoms with E-state index >= 15 is 0 Å². The Morgan fingerprint density at radius 3 is 2.24 bits per heavy atom. The van der Waals surface area contributed by atoms with Crippen molar-refractivity contribution >= 4 is 22.6 Å². The third-order valence-corrected chi connectivity index (χ3v) is 4.81. The van der Waals surface area contributed by atoms with Crippen molar-refractivity contribution in [2.75, 3.05) is 31.1 Å². The van der Waals surface area contributed by atoms with Gasteiger partial charge in [0, 0.05) is 31.6 Å². The molecule has 0 unspecified atom stereocenters. The molecule has 1 fully saturated rings. The van der Waals surface area contributed by atoms with Crippen LogP contribution in [-0.2, 0) is 6.18 Å². The van der Waals surface area contributed by atoms with Gasteiger partial charge in [-0.3, -0.25) is 4.79 Å². The molecule has 2 aromatic carbocycles. The number of hydrogen-bond acceptors (Lipinski definition) is 4. The van der Waals surface area contributed by atoms with Gasteiger partial charge in [0.2, 0.25) is 5.82 Å². The van der Waals surface area contributed by atoms with E-state index in [0.29, 0.717) is 5.39 Å². The summed E-state index contributed by atoms with van der Waals surface area (Å²) in [4.78, 5) is 23.1. The Morgan fingerprint density at radius 2 is 1.55 bits per heavy atom. The normalized spacial score (nSPS) is 15.0. The Labute approximate surface area is 163 Å². The summed E-state index contributed by atoms with van der Waals surface area (Å²) in [7, 11) is 0. The zero-order valence-corrected chi connectivity index (χ0v) is 15.2. The fourth-order valence-corrected chi connectivity index (χ4v) is 3.35. The number of fused-ring (bicyclic) bond motifs is 1. The number of hydrogen-bond donors (Lipinski definition) is 0. The highest BCUT2D eigenvalue weighted by Crippen LogP contribution is 2.32. The molecule has 5 nitrogen and oxygen atoms in total. The van der Waals surface area contributed by atoms with E-state index in [1.54, 1.807) is 29.2 Å². The number of aromatic nitrogens is 2. The standard InChI is InChI=1S/C20H16F4N4O/c21-15-7-3-1-5-13(15)18(29)28-11-9-27(10-12-28)17-14-6-2-4-8-16(14)25-19(26-17)20(22,23)24/h1-8H,9-12H2. The lowest BCUT2D eigenvalue weighted by atomic mass is 10.1. The molecule has 1 aromatic heterocycles. The van der Waals surface area contributed by atoms with Crippen LogP contribution in [0.5, 0.6) is 0 Å². The monoisotopic (exact) mass is 404 g/mol. The van der Waals surface area contributed by atoms with Gasteiger partial charge in [-0.25, -0.2) is 14.4 Å². The van der Waals surface area contributed by atoms with Crippen molar-refractivity contribution in [1.82, 2.24) is 14.9 Å². The number of para-hydroxylation sites is 1. The summed E-state index contributed by atoms with van der Waals surface area (Å²) in [6.45, 7) is 1.04. The molecule has 0 spiro atoms. The van der Waals surface area contributed by atoms with Crippen molar-refractivity contribution in [3.8, 4) is 0 Å². The first kappa shape index (κ1) is 19.1. The zero-order valence-electron chi connectivity index (χ0n) is 15.2. The molecule has 0 aliphatic carbocycles. The Hall–Kier alpha value is -3.23. The van der Waals surface area contributed by atoms with Gasteiger partial charge in [-0.05, 0) is 24.3 Å². The van der Waals surface area contributed by atoms with Crippen LogP contribution in [0.4, 0.5) is 23.4 Å². The number of halogens is 4. The van der Waals surface area contributed by atoms with E-state index in [9.17, 15) is 22.4 Å². The van der Waals surface area contributed by atoms with E-state index in [1.165, 1.54) is 29.2 Å². The molecule has 1 saturated heterocycles. The first-order valence-corrected chi connectivity index (χ1v) is 8.97. The quantitative estimate of drug-likeness (QED) is 0.611. The summed E-state index contributed by atoms with van der Waals surface area (Å²) in [6, 6.07) is 12.2. The molecule has 0 radical (unpaired) electrons. The highest BCUT2D eigenvalue weighted by Gasteiger charge is 2.36. The molecule has 29 heavy (non-hydrogen) atoms. The highest BCUT2D eigenvalue weighted by molar-refractivity contribution is 5.95. The van der Waals surface area contributed by atoms with Crippen molar-refractivity contribution in [3.05, 3.63) is 65.7 Å². The van der Waals surface area contributed by atoms with Gasteiger partial charge in [0.25, 0.3) is 5.91 Å². The van der Waals surface area contributed by atoms with Crippen LogP contribution in [0.2, 0.25) is 0 Å². The van der Waals surface area contributed by atoms with Crippen molar-refractivity contribution in [3.63, 3.8) is 0 Å². The molecule has 0 N–H and O–H groups in total. The summed E-state index contributed by atoms with van der Waals surface area (Å²) in [5.41, 5.74) is 0.183. The summed E-state index contributed by atoms with van der Waals surface area (Å²) >= 11 is 0. The predicted octanol–water partition coefficient (Wildman–Crippen LogP) is 3.75. The Morgan fingerprint density at radius 1 is 0.897 bits per heavy atom. The largest absolute Gasteiger partial charge is 0.451 e. The van der Waals surface area contributed by atoms with Gasteiger partial charge in [-0.1, -0.05) is 24.3 Å². The number of nitrogens with zero attached hydrogens (tertiary/aromatic N) is 4. The average molecular weight is 404 g/mol. The molecule has 150 valence electrons. The minimum atomic E-state index is -4.67. The molecule has 2 heterocycles. The van der Waals surface area contributed by atoms with Crippen molar-refractivity contribution in [1.29, 1.82) is 0 Å². The highest BCUT2D eigenvalue weighted by atomic mass is 19.4. The van der Waals surface area contributed by atoms with Crippen LogP contribution in [0.15, 0.2) is 48.5 Å². The molecule has 9 heteroatoms. The van der Waals surface area contributed by atoms with Crippen molar-refractivity contribution in [2.24, 2.45) is 0 Å². The third-order valence-electron chi connectivity index (χ3n) is 4.81. The number of alkyl halides is 3. The van der Waals surface area contributed by atoms with Crippen LogP contribution in [0.1, 0.15) is 16.2 Å². The maximum Gasteiger partial charge on any atom is 0.451 e. The molecular formula is C20H16F4N4O. The van der Waals surface area contributed by atoms with Crippen molar-refractivity contribution in [2.45, 2.75) is 6.18 Å². The van der Waals surface area contributed by atoms with E-state index in [4.69, 9.17) is 0 Å². The van der Waals surface area contributed by atoms with Crippen LogP contribution >= 0.6 is 0 Å². The molecule has 1 amide bonds. The maximum atomic E-state index is 13.9. The van der Waals surface area contributed by atoms with E-state index < -0.39 is 23.7 Å². The molecule has 3 aromatic rings. The molecule has 4 rings (SSSR count). The summed E-state index contributed by atoms with van der Waals surface area (Å²) < 4.78 is 53.6. The van der Waals surface area contributed by atoms with E-state index in [2.05, 4.69) is 9.97 Å². The Kier molecular flexibility index (Phi) is 4.81. The second-order valence-corrected chi connectivity index (χ2v) is 6.64. The van der Waals surface area contributed by atoms with E-state index in [-0.39, 0.29) is 43.1 Å². The lowest BCUT2D eigenvalue weighted by Crippen LogP contribution is -2.49. The van der Waals surface area contributed by atoms with Gasteiger partial charge in [0.05, 0.1) is 11.1 Å². The van der Waals surface area contributed by atoms with Gasteiger partial charge in [-0.2, -0.15) is 13.2 Å². The first-order chi connectivity index (χ1) is 13.8. The fourth-order valence-electron chi connectivity index (χ4n) is 3.35. The second kappa shape index (κ2) is 7.31. The minimum absolute atomic E-state index is 0.0206. The maximum absolute atomic E-state index is 13.9. The van der Waals surface area contributed by atoms with E-state index in [1.807, 2.05) is 0 Å². The Balaban J connectivity index is 1.59. The smallest absolute Gasteiger partial charge is 0.352 e. The van der Waals surface area contributed by atoms with Gasteiger partial charge >= 0.3 is 6.18 Å². The van der Waals surface area contributed by atoms with Crippen LogP contribution in [0.3, 0.4) is 0 Å². The van der Waals surface area contributed by atoms with Gasteiger partial charge in [0.15, 0.2) is 0 Å². The Bertz CT molecular complexity index is 1060. The predicted molar refractivity (Wildman–Crippen MR) is 99.1 cm³/mol. The van der Waals surface area contributed by atoms with Crippen LogP contribution in [0, 0.1) is 5.82 Å². The number of carbonyl (C=O) groups is 1. The molecular weight excluding hydrogens is 388 g/mol. The number of amides is 1. The lowest BCUT2D eigenvalue weighted by Gasteiger charge is -2.36. The molecule has 0 bridgehead atoms. The van der Waals surface area contributed by atoms with Crippen molar-refractivity contribution < 1.29 is 22.4 Å². The number of piperazine rings is 1. The first-order valence-electron chi connectivity index (χ1n) is 8.97. The second-order valence-electron chi connectivity index (χ2n) is 6.64. The molecule has 1 aliphatic rings. The van der Waals surface area contributed by atoms with Gasteiger partial charge < -0.3 is 9.80 Å². The van der Waals surface area contributed by atoms with E-state index in [0.717, 1.165) is 0 Å². The summed E-state index contributed by atoms with van der Waals surface area (Å²) in [5.74, 6) is -2.06. The van der Waals surface area contributed by atoms with Crippen LogP contribution in [0.25, 0.3) is 10.9 Å². The van der Waals surface area contributed by atoms with Crippen LogP contribution in [-0.4, -0.2) is 47.0 Å².